The number of hydrogen-bond acceptors (Lipinski definition) is 10. The van der Waals surface area contributed by atoms with Crippen LogP contribution in [0.2, 0.25) is 0 Å². The first-order valence-corrected chi connectivity index (χ1v) is 9.13. The summed E-state index contributed by atoms with van der Waals surface area (Å²) >= 11 is 0. The number of aromatic nitrogens is 4. The van der Waals surface area contributed by atoms with E-state index < -0.39 is 11.9 Å². The van der Waals surface area contributed by atoms with E-state index in [-0.39, 0.29) is 0 Å². The fraction of sp³-hybridized carbons (Fsp3) is 0.200. The summed E-state index contributed by atoms with van der Waals surface area (Å²) in [4.78, 5) is 36.5. The lowest BCUT2D eigenvalue weighted by atomic mass is 10.2. The fourth-order valence-electron chi connectivity index (χ4n) is 3.04. The maximum atomic E-state index is 12.3. The van der Waals surface area contributed by atoms with Crippen LogP contribution in [0.4, 0.5) is 0 Å². The van der Waals surface area contributed by atoms with Gasteiger partial charge >= 0.3 is 11.9 Å². The average Bonchev–Trinajstić information content (AvgIpc) is 3.39. The molecule has 166 valence electrons. The van der Waals surface area contributed by atoms with E-state index in [0.29, 0.717) is 44.8 Å². The Morgan fingerprint density at radius 2 is 0.969 bits per heavy atom. The van der Waals surface area contributed by atoms with E-state index in [1.165, 1.54) is 40.8 Å². The molecule has 0 aliphatic rings. The minimum atomic E-state index is -1.31. The van der Waals surface area contributed by atoms with Crippen LogP contribution in [0, 0.1) is 0 Å². The van der Waals surface area contributed by atoms with Gasteiger partial charge in [0.05, 0.1) is 40.8 Å². The zero-order valence-electron chi connectivity index (χ0n) is 17.5. The number of ether oxygens (including phenoxy) is 4. The van der Waals surface area contributed by atoms with E-state index in [2.05, 4.69) is 10.2 Å². The number of benzene rings is 2. The van der Waals surface area contributed by atoms with Gasteiger partial charge in [-0.05, 0) is 12.1 Å². The third-order valence-corrected chi connectivity index (χ3v) is 4.59. The van der Waals surface area contributed by atoms with Crippen molar-refractivity contribution in [3.63, 3.8) is 0 Å². The van der Waals surface area contributed by atoms with Crippen molar-refractivity contribution < 1.29 is 38.2 Å². The number of carbonyl (C=O) groups excluding carboxylic acids is 2. The Labute approximate surface area is 180 Å². The summed E-state index contributed by atoms with van der Waals surface area (Å²) in [5.74, 6) is -0.880. The predicted octanol–water partition coefficient (Wildman–Crippen LogP) is 1.03. The van der Waals surface area contributed by atoms with E-state index in [4.69, 9.17) is 28.6 Å². The Hall–Kier alpha value is -4.48. The van der Waals surface area contributed by atoms with Gasteiger partial charge in [0.1, 0.15) is 11.0 Å². The minimum absolute atomic E-state index is 0.380. The number of rotatable bonds is 6. The molecule has 2 aromatic carbocycles. The number of fused-ring (bicyclic) bond motifs is 2. The van der Waals surface area contributed by atoms with Crippen molar-refractivity contribution in [2.75, 3.05) is 28.4 Å². The third-order valence-electron chi connectivity index (χ3n) is 4.59. The fourth-order valence-corrected chi connectivity index (χ4v) is 3.04. The Balaban J connectivity index is 1.56. The topological polar surface area (TPSA) is 125 Å². The van der Waals surface area contributed by atoms with Gasteiger partial charge in [-0.1, -0.05) is 9.69 Å². The van der Waals surface area contributed by atoms with Gasteiger partial charge in [-0.2, -0.15) is 0 Å². The largest absolute Gasteiger partial charge is 0.493 e. The first-order chi connectivity index (χ1) is 15.5. The first kappa shape index (κ1) is 20.8. The molecule has 32 heavy (non-hydrogen) atoms. The molecule has 0 amide bonds. The second-order valence-corrected chi connectivity index (χ2v) is 6.32. The maximum absolute atomic E-state index is 12.3. The van der Waals surface area contributed by atoms with Crippen molar-refractivity contribution in [3.05, 3.63) is 36.7 Å². The van der Waals surface area contributed by atoms with Crippen molar-refractivity contribution in [2.24, 2.45) is 0 Å². The summed E-state index contributed by atoms with van der Waals surface area (Å²) in [6.07, 6.45) is 2.88. The lowest BCUT2D eigenvalue weighted by Crippen LogP contribution is -2.35. The summed E-state index contributed by atoms with van der Waals surface area (Å²) in [5.41, 5.74) is 0.760. The summed E-state index contributed by atoms with van der Waals surface area (Å²) in [6, 6.07) is 6.42. The Kier molecular flexibility index (Phi) is 5.41. The number of nitrogens with zero attached hydrogens (tertiary/aromatic N) is 4. The predicted molar refractivity (Wildman–Crippen MR) is 109 cm³/mol. The number of methoxy groups -OCH3 is 4. The molecular formula is C20H18N4O8. The van der Waals surface area contributed by atoms with Crippen molar-refractivity contribution in [3.8, 4) is 23.0 Å². The van der Waals surface area contributed by atoms with Crippen LogP contribution in [-0.4, -0.2) is 60.3 Å². The zero-order chi connectivity index (χ0) is 22.8. The summed E-state index contributed by atoms with van der Waals surface area (Å²) < 4.78 is 20.9. The molecular weight excluding hydrogens is 424 g/mol. The van der Waals surface area contributed by atoms with Crippen LogP contribution in [0.3, 0.4) is 0 Å². The van der Waals surface area contributed by atoms with E-state index in [1.807, 2.05) is 0 Å². The van der Waals surface area contributed by atoms with E-state index in [1.54, 1.807) is 24.3 Å². The van der Waals surface area contributed by atoms with Crippen LogP contribution < -0.4 is 28.6 Å². The zero-order valence-corrected chi connectivity index (χ0v) is 17.5. The molecule has 0 spiro atoms. The van der Waals surface area contributed by atoms with E-state index in [0.717, 1.165) is 9.69 Å². The summed E-state index contributed by atoms with van der Waals surface area (Å²) in [5, 5.41) is 9.12. The van der Waals surface area contributed by atoms with Gasteiger partial charge in [0.15, 0.2) is 23.0 Å². The van der Waals surface area contributed by atoms with Crippen molar-refractivity contribution in [2.45, 2.75) is 0 Å². The molecule has 2 aromatic heterocycles. The summed E-state index contributed by atoms with van der Waals surface area (Å²) in [7, 11) is 5.92. The quantitative estimate of drug-likeness (QED) is 0.400. The second-order valence-electron chi connectivity index (χ2n) is 6.32. The standard InChI is InChI=1S/C20H18N4O8/c1-27-15-5-11-9-21-23(13(11)7-17(15)29-3)31-19(25)20(26)32-24-14-8-18(30-4)16(28-2)6-12(14)10-22-24/h5-10H,1-4H3. The van der Waals surface area contributed by atoms with Gasteiger partial charge in [-0.25, -0.2) is 9.59 Å². The van der Waals surface area contributed by atoms with Gasteiger partial charge in [0, 0.05) is 22.9 Å². The average molecular weight is 442 g/mol. The van der Waals surface area contributed by atoms with Gasteiger partial charge in [-0.3, -0.25) is 0 Å². The lowest BCUT2D eigenvalue weighted by Gasteiger charge is -2.09. The van der Waals surface area contributed by atoms with Crippen LogP contribution >= 0.6 is 0 Å². The molecule has 12 heteroatoms. The molecule has 0 atom stereocenters. The maximum Gasteiger partial charge on any atom is 0.445 e. The molecule has 2 heterocycles. The molecule has 0 aliphatic carbocycles. The molecule has 0 unspecified atom stereocenters. The molecule has 0 aliphatic heterocycles. The Morgan fingerprint density at radius 1 is 0.625 bits per heavy atom. The molecule has 0 N–H and O–H groups in total. The monoisotopic (exact) mass is 442 g/mol. The SMILES string of the molecule is COc1cc2cnn(OC(=O)C(=O)On3ncc4cc(OC)c(OC)cc43)c2cc1OC. The number of hydrogen-bond donors (Lipinski definition) is 0. The molecule has 12 nitrogen and oxygen atoms in total. The number of carbonyl (C=O) groups is 2. The van der Waals surface area contributed by atoms with Gasteiger partial charge < -0.3 is 28.6 Å². The highest BCUT2D eigenvalue weighted by Crippen LogP contribution is 2.32. The second kappa shape index (κ2) is 8.34. The molecule has 0 fully saturated rings. The molecule has 0 radical (unpaired) electrons. The van der Waals surface area contributed by atoms with Crippen molar-refractivity contribution in [1.29, 1.82) is 0 Å². The molecule has 0 bridgehead atoms. The van der Waals surface area contributed by atoms with Crippen LogP contribution in [0.15, 0.2) is 36.7 Å². The lowest BCUT2D eigenvalue weighted by molar-refractivity contribution is -0.169. The normalized spacial score (nSPS) is 10.8. The molecule has 0 saturated carbocycles. The Bertz CT molecular complexity index is 1220. The Morgan fingerprint density at radius 3 is 1.31 bits per heavy atom. The highest BCUT2D eigenvalue weighted by molar-refractivity contribution is 6.30. The third kappa shape index (κ3) is 3.57. The first-order valence-electron chi connectivity index (χ1n) is 9.13. The highest BCUT2D eigenvalue weighted by Gasteiger charge is 2.24. The van der Waals surface area contributed by atoms with Crippen LogP contribution in [0.25, 0.3) is 21.8 Å². The smallest absolute Gasteiger partial charge is 0.445 e. The summed E-state index contributed by atoms with van der Waals surface area (Å²) in [6.45, 7) is 0. The van der Waals surface area contributed by atoms with Crippen molar-refractivity contribution in [1.82, 2.24) is 19.9 Å². The van der Waals surface area contributed by atoms with Gasteiger partial charge in [-0.15, -0.1) is 10.2 Å². The van der Waals surface area contributed by atoms with E-state index in [9.17, 15) is 9.59 Å². The van der Waals surface area contributed by atoms with Crippen LogP contribution in [-0.2, 0) is 9.59 Å². The van der Waals surface area contributed by atoms with Crippen molar-refractivity contribution >= 4 is 33.7 Å². The molecule has 4 aromatic rings. The van der Waals surface area contributed by atoms with E-state index >= 15 is 0 Å². The highest BCUT2D eigenvalue weighted by atomic mass is 16.8. The van der Waals surface area contributed by atoms with Crippen LogP contribution in [0.1, 0.15) is 0 Å². The minimum Gasteiger partial charge on any atom is -0.493 e. The molecule has 0 saturated heterocycles. The molecule has 4 rings (SSSR count). The van der Waals surface area contributed by atoms with Gasteiger partial charge in [0.25, 0.3) is 0 Å². The van der Waals surface area contributed by atoms with Gasteiger partial charge in [0.2, 0.25) is 0 Å². The van der Waals surface area contributed by atoms with Crippen LogP contribution in [0.5, 0.6) is 23.0 Å².